The van der Waals surface area contributed by atoms with Gasteiger partial charge in [0.05, 0.1) is 0 Å². The number of hydrogen-bond acceptors (Lipinski definition) is 1. The SMILES string of the molecule is CCCCCCCCCCCCCCCC(=O)O.Cl.[CaH2].[CaH2]. The van der Waals surface area contributed by atoms with E-state index in [2.05, 4.69) is 6.92 Å². The first-order valence-corrected chi connectivity index (χ1v) is 7.99. The molecule has 0 atom stereocenters. The summed E-state index contributed by atoms with van der Waals surface area (Å²) in [5.41, 5.74) is 0. The van der Waals surface area contributed by atoms with Crippen molar-refractivity contribution in [3.05, 3.63) is 0 Å². The summed E-state index contributed by atoms with van der Waals surface area (Å²) in [6.45, 7) is 2.26. The summed E-state index contributed by atoms with van der Waals surface area (Å²) >= 11 is 0. The van der Waals surface area contributed by atoms with Crippen LogP contribution in [-0.4, -0.2) is 86.6 Å². The molecule has 0 aliphatic rings. The minimum absolute atomic E-state index is 0. The molecule has 0 unspecified atom stereocenters. The van der Waals surface area contributed by atoms with Crippen LogP contribution in [0.15, 0.2) is 0 Å². The number of carboxylic acids is 1. The van der Waals surface area contributed by atoms with Crippen molar-refractivity contribution in [1.29, 1.82) is 0 Å². The second-order valence-corrected chi connectivity index (χ2v) is 5.39. The molecule has 0 bridgehead atoms. The molecular formula is C16H37Ca2ClO2. The Morgan fingerprint density at radius 1 is 0.667 bits per heavy atom. The van der Waals surface area contributed by atoms with E-state index in [1.807, 2.05) is 0 Å². The molecular weight excluding hydrogens is 340 g/mol. The molecule has 124 valence electrons. The van der Waals surface area contributed by atoms with E-state index in [-0.39, 0.29) is 87.9 Å². The molecule has 5 heteroatoms. The Morgan fingerprint density at radius 2 is 0.952 bits per heavy atom. The normalized spacial score (nSPS) is 9.19. The summed E-state index contributed by atoms with van der Waals surface area (Å²) in [6, 6.07) is 0. The summed E-state index contributed by atoms with van der Waals surface area (Å²) in [7, 11) is 0. The predicted octanol–water partition coefficient (Wildman–Crippen LogP) is 4.14. The number of carboxylic acid groups (broad SMARTS) is 1. The molecule has 0 spiro atoms. The fraction of sp³-hybridized carbons (Fsp3) is 0.938. The molecule has 0 heterocycles. The third-order valence-electron chi connectivity index (χ3n) is 3.49. The molecule has 0 saturated carbocycles. The van der Waals surface area contributed by atoms with Crippen molar-refractivity contribution >= 4 is 93.9 Å². The van der Waals surface area contributed by atoms with E-state index in [4.69, 9.17) is 5.11 Å². The molecule has 2 nitrogen and oxygen atoms in total. The first kappa shape index (κ1) is 31.1. The molecule has 0 aromatic rings. The number of rotatable bonds is 14. The first-order chi connectivity index (χ1) is 8.77. The quantitative estimate of drug-likeness (QED) is 0.365. The van der Waals surface area contributed by atoms with Gasteiger partial charge in [0.25, 0.3) is 0 Å². The van der Waals surface area contributed by atoms with Gasteiger partial charge in [0.15, 0.2) is 0 Å². The second-order valence-electron chi connectivity index (χ2n) is 5.39. The van der Waals surface area contributed by atoms with E-state index in [0.717, 1.165) is 12.8 Å². The van der Waals surface area contributed by atoms with E-state index in [0.29, 0.717) is 6.42 Å². The van der Waals surface area contributed by atoms with E-state index in [1.165, 1.54) is 70.6 Å². The zero-order valence-electron chi connectivity index (χ0n) is 12.7. The molecule has 0 aliphatic heterocycles. The van der Waals surface area contributed by atoms with Crippen molar-refractivity contribution in [2.75, 3.05) is 0 Å². The molecule has 0 aromatic heterocycles. The second kappa shape index (κ2) is 27.1. The van der Waals surface area contributed by atoms with Crippen molar-refractivity contribution in [2.24, 2.45) is 0 Å². The number of halogens is 1. The van der Waals surface area contributed by atoms with Gasteiger partial charge in [-0.25, -0.2) is 0 Å². The van der Waals surface area contributed by atoms with Crippen LogP contribution >= 0.6 is 12.4 Å². The van der Waals surface area contributed by atoms with Gasteiger partial charge < -0.3 is 5.11 Å². The van der Waals surface area contributed by atoms with E-state index in [1.54, 1.807) is 0 Å². The Hall–Kier alpha value is 2.28. The molecule has 0 amide bonds. The Labute approximate surface area is 198 Å². The Balaban J connectivity index is -0.000000482. The monoisotopic (exact) mass is 376 g/mol. The van der Waals surface area contributed by atoms with Crippen molar-refractivity contribution in [1.82, 2.24) is 0 Å². The van der Waals surface area contributed by atoms with Crippen LogP contribution in [-0.2, 0) is 4.79 Å². The van der Waals surface area contributed by atoms with Gasteiger partial charge in [-0.2, -0.15) is 0 Å². The van der Waals surface area contributed by atoms with Crippen LogP contribution in [0.3, 0.4) is 0 Å². The fourth-order valence-electron chi connectivity index (χ4n) is 2.29. The average Bonchev–Trinajstić information content (AvgIpc) is 2.34. The average molecular weight is 377 g/mol. The fourth-order valence-corrected chi connectivity index (χ4v) is 2.29. The minimum atomic E-state index is -0.655. The van der Waals surface area contributed by atoms with Crippen LogP contribution < -0.4 is 0 Å². The molecule has 0 rings (SSSR count). The zero-order valence-corrected chi connectivity index (χ0v) is 13.5. The first-order valence-electron chi connectivity index (χ1n) is 7.99. The van der Waals surface area contributed by atoms with Crippen LogP contribution in [0, 0.1) is 0 Å². The van der Waals surface area contributed by atoms with Crippen molar-refractivity contribution in [3.8, 4) is 0 Å². The maximum absolute atomic E-state index is 10.3. The molecule has 21 heavy (non-hydrogen) atoms. The van der Waals surface area contributed by atoms with Crippen LogP contribution in [0.5, 0.6) is 0 Å². The van der Waals surface area contributed by atoms with Crippen LogP contribution in [0.2, 0.25) is 0 Å². The summed E-state index contributed by atoms with van der Waals surface area (Å²) in [6.07, 6.45) is 17.3. The van der Waals surface area contributed by atoms with Crippen LogP contribution in [0.25, 0.3) is 0 Å². The summed E-state index contributed by atoms with van der Waals surface area (Å²) in [4.78, 5) is 10.3. The summed E-state index contributed by atoms with van der Waals surface area (Å²) in [5, 5.41) is 8.49. The molecule has 0 radical (unpaired) electrons. The number of hydrogen-bond donors (Lipinski definition) is 1. The van der Waals surface area contributed by atoms with E-state index in [9.17, 15) is 4.79 Å². The Kier molecular flexibility index (Phi) is 40.2. The van der Waals surface area contributed by atoms with Gasteiger partial charge in [-0.05, 0) is 6.42 Å². The van der Waals surface area contributed by atoms with E-state index < -0.39 is 5.97 Å². The third-order valence-corrected chi connectivity index (χ3v) is 3.49. The maximum atomic E-state index is 10.3. The van der Waals surface area contributed by atoms with Gasteiger partial charge in [0.1, 0.15) is 0 Å². The predicted molar refractivity (Wildman–Crippen MR) is 102 cm³/mol. The van der Waals surface area contributed by atoms with Crippen molar-refractivity contribution < 1.29 is 9.90 Å². The molecule has 0 aliphatic carbocycles. The van der Waals surface area contributed by atoms with Crippen molar-refractivity contribution in [3.63, 3.8) is 0 Å². The molecule has 0 aromatic carbocycles. The third kappa shape index (κ3) is 30.7. The Morgan fingerprint density at radius 3 is 1.24 bits per heavy atom. The van der Waals surface area contributed by atoms with Crippen LogP contribution in [0.4, 0.5) is 0 Å². The zero-order chi connectivity index (χ0) is 13.5. The number of carbonyl (C=O) groups is 1. The number of aliphatic carboxylic acids is 1. The Bertz CT molecular complexity index is 193. The topological polar surface area (TPSA) is 37.3 Å². The van der Waals surface area contributed by atoms with Gasteiger partial charge >= 0.3 is 81.4 Å². The van der Waals surface area contributed by atoms with Gasteiger partial charge in [-0.1, -0.05) is 84.0 Å². The van der Waals surface area contributed by atoms with Crippen molar-refractivity contribution in [2.45, 2.75) is 96.8 Å². The van der Waals surface area contributed by atoms with E-state index >= 15 is 0 Å². The molecule has 0 saturated heterocycles. The number of unbranched alkanes of at least 4 members (excludes halogenated alkanes) is 12. The van der Waals surface area contributed by atoms with Gasteiger partial charge in [-0.15, -0.1) is 12.4 Å². The molecule has 0 fully saturated rings. The summed E-state index contributed by atoms with van der Waals surface area (Å²) < 4.78 is 0. The standard InChI is InChI=1S/C16H32O2.2Ca.ClH.4H/c1-2-3-4-5-6-7-8-9-10-11-12-13-14-15-16(17)18;;;;;;;/h2-15H2,1H3,(H,17,18);;;1H;;;;. The molecule has 1 N–H and O–H groups in total. The summed E-state index contributed by atoms with van der Waals surface area (Å²) in [5.74, 6) is -0.655. The van der Waals surface area contributed by atoms with Gasteiger partial charge in [0.2, 0.25) is 0 Å². The van der Waals surface area contributed by atoms with Gasteiger partial charge in [-0.3, -0.25) is 4.79 Å². The van der Waals surface area contributed by atoms with Crippen LogP contribution in [0.1, 0.15) is 96.8 Å². The van der Waals surface area contributed by atoms with Gasteiger partial charge in [0, 0.05) is 6.42 Å².